The maximum atomic E-state index is 13.4. The molecule has 20 heavy (non-hydrogen) atoms. The molecule has 3 rings (SSSR count). The monoisotopic (exact) mass is 272 g/mol. The van der Waals surface area contributed by atoms with Gasteiger partial charge in [0.2, 0.25) is 0 Å². The lowest BCUT2D eigenvalue weighted by Gasteiger charge is -2.12. The van der Waals surface area contributed by atoms with Gasteiger partial charge in [-0.05, 0) is 41.5 Å². The second-order valence-electron chi connectivity index (χ2n) is 5.26. The third kappa shape index (κ3) is 2.41. The number of hydrogen-bond donors (Lipinski definition) is 1. The first-order chi connectivity index (χ1) is 9.70. The van der Waals surface area contributed by atoms with Gasteiger partial charge in [-0.3, -0.25) is 0 Å². The van der Waals surface area contributed by atoms with E-state index in [2.05, 4.69) is 12.1 Å². The molecule has 104 valence electrons. The predicted molar refractivity (Wildman–Crippen MR) is 75.2 cm³/mol. The molecule has 1 N–H and O–H groups in total. The molecular formula is C17H17FO2. The molecule has 1 fully saturated rings. The lowest BCUT2D eigenvalue weighted by Crippen LogP contribution is -2.02. The maximum absolute atomic E-state index is 13.4. The molecule has 0 heterocycles. The summed E-state index contributed by atoms with van der Waals surface area (Å²) in [4.78, 5) is 0. The Hall–Kier alpha value is -1.87. The van der Waals surface area contributed by atoms with E-state index in [1.165, 1.54) is 18.7 Å². The first-order valence-corrected chi connectivity index (χ1v) is 6.77. The van der Waals surface area contributed by atoms with Crippen molar-refractivity contribution in [2.75, 3.05) is 7.11 Å². The summed E-state index contributed by atoms with van der Waals surface area (Å²) in [6.45, 7) is 0. The third-order valence-electron chi connectivity index (χ3n) is 3.99. The topological polar surface area (TPSA) is 29.5 Å². The van der Waals surface area contributed by atoms with Crippen LogP contribution in [-0.2, 0) is 0 Å². The van der Waals surface area contributed by atoms with Gasteiger partial charge in [0, 0.05) is 0 Å². The van der Waals surface area contributed by atoms with Gasteiger partial charge in [-0.1, -0.05) is 36.4 Å². The number of hydrogen-bond acceptors (Lipinski definition) is 2. The molecule has 3 atom stereocenters. The molecular weight excluding hydrogens is 255 g/mol. The lowest BCUT2D eigenvalue weighted by atomic mass is 10.0. The summed E-state index contributed by atoms with van der Waals surface area (Å²) in [5.41, 5.74) is 1.97. The van der Waals surface area contributed by atoms with Crippen LogP contribution < -0.4 is 4.74 Å². The van der Waals surface area contributed by atoms with Crippen molar-refractivity contribution < 1.29 is 14.2 Å². The molecule has 0 radical (unpaired) electrons. The first kappa shape index (κ1) is 13.1. The van der Waals surface area contributed by atoms with E-state index < -0.39 is 11.9 Å². The van der Waals surface area contributed by atoms with Crippen LogP contribution in [-0.4, -0.2) is 12.2 Å². The van der Waals surface area contributed by atoms with Crippen molar-refractivity contribution in [2.24, 2.45) is 5.92 Å². The van der Waals surface area contributed by atoms with Crippen molar-refractivity contribution in [2.45, 2.75) is 18.4 Å². The van der Waals surface area contributed by atoms with Crippen molar-refractivity contribution in [3.05, 3.63) is 65.5 Å². The van der Waals surface area contributed by atoms with E-state index in [1.807, 2.05) is 18.2 Å². The van der Waals surface area contributed by atoms with E-state index in [1.54, 1.807) is 12.1 Å². The van der Waals surface area contributed by atoms with Gasteiger partial charge in [-0.2, -0.15) is 0 Å². The van der Waals surface area contributed by atoms with Crippen molar-refractivity contribution in [3.63, 3.8) is 0 Å². The Balaban J connectivity index is 1.76. The number of rotatable bonds is 4. The lowest BCUT2D eigenvalue weighted by molar-refractivity contribution is 0.151. The Kier molecular flexibility index (Phi) is 3.45. The summed E-state index contributed by atoms with van der Waals surface area (Å²) in [5, 5.41) is 10.4. The molecule has 1 aliphatic rings. The molecule has 1 saturated carbocycles. The first-order valence-electron chi connectivity index (χ1n) is 6.77. The van der Waals surface area contributed by atoms with Gasteiger partial charge in [0.05, 0.1) is 13.2 Å². The number of methoxy groups -OCH3 is 1. The quantitative estimate of drug-likeness (QED) is 0.920. The van der Waals surface area contributed by atoms with Crippen LogP contribution in [0.4, 0.5) is 4.39 Å². The summed E-state index contributed by atoms with van der Waals surface area (Å²) < 4.78 is 18.3. The van der Waals surface area contributed by atoms with Crippen molar-refractivity contribution in [1.82, 2.24) is 0 Å². The molecule has 3 heteroatoms. The molecule has 0 aromatic heterocycles. The van der Waals surface area contributed by atoms with E-state index in [0.29, 0.717) is 11.5 Å². The molecule has 3 unspecified atom stereocenters. The van der Waals surface area contributed by atoms with E-state index in [9.17, 15) is 9.50 Å². The Morgan fingerprint density at radius 1 is 1.20 bits per heavy atom. The SMILES string of the molecule is COc1cc(C(O)C2CC2c2ccccc2)ccc1F. The molecule has 0 spiro atoms. The van der Waals surface area contributed by atoms with Crippen LogP contribution in [0.25, 0.3) is 0 Å². The Bertz CT molecular complexity index is 597. The average molecular weight is 272 g/mol. The van der Waals surface area contributed by atoms with Crippen LogP contribution in [0.1, 0.15) is 29.6 Å². The zero-order chi connectivity index (χ0) is 14.1. The second kappa shape index (κ2) is 5.25. The fourth-order valence-electron chi connectivity index (χ4n) is 2.75. The minimum Gasteiger partial charge on any atom is -0.494 e. The number of aliphatic hydroxyl groups excluding tert-OH is 1. The molecule has 0 saturated heterocycles. The fraction of sp³-hybridized carbons (Fsp3) is 0.294. The smallest absolute Gasteiger partial charge is 0.165 e. The molecule has 2 nitrogen and oxygen atoms in total. The van der Waals surface area contributed by atoms with E-state index in [-0.39, 0.29) is 11.7 Å². The van der Waals surface area contributed by atoms with Crippen LogP contribution in [0.3, 0.4) is 0 Å². The Morgan fingerprint density at radius 3 is 2.65 bits per heavy atom. The van der Waals surface area contributed by atoms with Crippen LogP contribution in [0, 0.1) is 11.7 Å². The van der Waals surface area contributed by atoms with Crippen molar-refractivity contribution >= 4 is 0 Å². The van der Waals surface area contributed by atoms with Gasteiger partial charge in [-0.25, -0.2) is 4.39 Å². The minimum absolute atomic E-state index is 0.179. The number of ether oxygens (including phenoxy) is 1. The minimum atomic E-state index is -0.574. The second-order valence-corrected chi connectivity index (χ2v) is 5.26. The highest BCUT2D eigenvalue weighted by Crippen LogP contribution is 2.54. The van der Waals surface area contributed by atoms with Gasteiger partial charge in [0.15, 0.2) is 11.6 Å². The summed E-state index contributed by atoms with van der Waals surface area (Å²) in [6, 6.07) is 14.7. The third-order valence-corrected chi connectivity index (χ3v) is 3.99. The average Bonchev–Trinajstić information content (AvgIpc) is 3.28. The van der Waals surface area contributed by atoms with E-state index in [0.717, 1.165) is 6.42 Å². The summed E-state index contributed by atoms with van der Waals surface area (Å²) in [6.07, 6.45) is 0.389. The number of aliphatic hydroxyl groups is 1. The zero-order valence-corrected chi connectivity index (χ0v) is 11.3. The standard InChI is InChI=1S/C17H17FO2/c1-20-16-9-12(7-8-15(16)18)17(19)14-10-13(14)11-5-3-2-4-6-11/h2-9,13-14,17,19H,10H2,1H3. The molecule has 0 aliphatic heterocycles. The summed E-state index contributed by atoms with van der Waals surface area (Å²) >= 11 is 0. The molecule has 1 aliphatic carbocycles. The Morgan fingerprint density at radius 2 is 1.95 bits per heavy atom. The van der Waals surface area contributed by atoms with Gasteiger partial charge >= 0.3 is 0 Å². The normalized spacial score (nSPS) is 22.4. The molecule has 0 bridgehead atoms. The van der Waals surface area contributed by atoms with Crippen LogP contribution >= 0.6 is 0 Å². The fourth-order valence-corrected chi connectivity index (χ4v) is 2.75. The molecule has 2 aromatic rings. The van der Waals surface area contributed by atoms with Crippen LogP contribution in [0.5, 0.6) is 5.75 Å². The van der Waals surface area contributed by atoms with Crippen molar-refractivity contribution in [3.8, 4) is 5.75 Å². The summed E-state index contributed by atoms with van der Waals surface area (Å²) in [5.74, 6) is 0.368. The highest BCUT2D eigenvalue weighted by atomic mass is 19.1. The summed E-state index contributed by atoms with van der Waals surface area (Å²) in [7, 11) is 1.43. The predicted octanol–water partition coefficient (Wildman–Crippen LogP) is 3.67. The van der Waals surface area contributed by atoms with Gasteiger partial charge in [-0.15, -0.1) is 0 Å². The highest BCUT2D eigenvalue weighted by Gasteiger charge is 2.43. The molecule has 0 amide bonds. The van der Waals surface area contributed by atoms with Gasteiger partial charge in [0.25, 0.3) is 0 Å². The van der Waals surface area contributed by atoms with E-state index in [4.69, 9.17) is 4.74 Å². The maximum Gasteiger partial charge on any atom is 0.165 e. The number of benzene rings is 2. The highest BCUT2D eigenvalue weighted by molar-refractivity contribution is 5.34. The zero-order valence-electron chi connectivity index (χ0n) is 11.3. The largest absolute Gasteiger partial charge is 0.494 e. The van der Waals surface area contributed by atoms with Gasteiger partial charge < -0.3 is 9.84 Å². The van der Waals surface area contributed by atoms with E-state index >= 15 is 0 Å². The molecule has 2 aromatic carbocycles. The van der Waals surface area contributed by atoms with Gasteiger partial charge in [0.1, 0.15) is 0 Å². The van der Waals surface area contributed by atoms with Crippen LogP contribution in [0.15, 0.2) is 48.5 Å². The van der Waals surface area contributed by atoms with Crippen LogP contribution in [0.2, 0.25) is 0 Å². The van der Waals surface area contributed by atoms with Crippen molar-refractivity contribution in [1.29, 1.82) is 0 Å². The Labute approximate surface area is 117 Å². The number of halogens is 1.